The zero-order valence-electron chi connectivity index (χ0n) is 53.5. The molecule has 1 unspecified atom stereocenters. The second-order valence-electron chi connectivity index (χ2n) is 22.3. The van der Waals surface area contributed by atoms with Gasteiger partial charge in [-0.05, 0) is 141 Å². The third-order valence-corrected chi connectivity index (χ3v) is 14.4. The largest absolute Gasteiger partial charge is 0.462 e. The summed E-state index contributed by atoms with van der Waals surface area (Å²) in [5.74, 6) is -0.942. The Labute approximate surface area is 506 Å². The van der Waals surface area contributed by atoms with Crippen molar-refractivity contribution in [3.8, 4) is 0 Å². The molecule has 0 aliphatic carbocycles. The van der Waals surface area contributed by atoms with Crippen LogP contribution in [-0.4, -0.2) is 37.2 Å². The second-order valence-corrected chi connectivity index (χ2v) is 22.3. The fourth-order valence-electron chi connectivity index (χ4n) is 9.25. The number of unbranched alkanes of at least 4 members (excludes halogenated alkanes) is 28. The Bertz CT molecular complexity index is 1730. The molecule has 0 bridgehead atoms. The fraction of sp³-hybridized carbons (Fsp3) is 0.671. The smallest absolute Gasteiger partial charge is 0.306 e. The van der Waals surface area contributed by atoms with Crippen LogP contribution in [0.2, 0.25) is 0 Å². The standard InChI is InChI=1S/C76H126O6/c1-4-7-10-13-16-19-22-25-28-31-33-35-37-38-40-41-43-45-48-51-54-57-60-63-66-69-75(78)81-72-73(71-80-74(77)68-65-62-59-56-53-50-47-30-27-24-21-18-15-12-9-6-3)82-76(79)70-67-64-61-58-55-52-49-46-44-42-39-36-34-32-29-26-23-20-17-14-11-8-5-2/h7,10,16,19,21,23-26,28,30,32-35,38,40,43,45,47,51,54,73H,4-6,8-9,11-15,17-18,20,22,27,29,31,36-37,39,41-42,44,46,48-50,52-53,55-72H2,1-3H3/b10-7-,19-16-,24-21-,26-23-,28-25-,34-32-,35-33-,40-38-,45-43-,47-30-,54-51-. The summed E-state index contributed by atoms with van der Waals surface area (Å²) in [6.07, 6.45) is 97.4. The van der Waals surface area contributed by atoms with Crippen LogP contribution < -0.4 is 0 Å². The molecule has 0 spiro atoms. The van der Waals surface area contributed by atoms with E-state index in [-0.39, 0.29) is 31.1 Å². The van der Waals surface area contributed by atoms with Crippen LogP contribution >= 0.6 is 0 Å². The SMILES string of the molecule is CC/C=C\C/C=C\C/C=C\C/C=C\C/C=C\C/C=C\C/C=C\CCCCCC(=O)OCC(COC(=O)CCCCCCC/C=C\C/C=C\CCCCCC)OC(=O)CCCCCCCCCCCCC/C=C\C/C=C\CCCCCCC. The van der Waals surface area contributed by atoms with Gasteiger partial charge in [0, 0.05) is 19.3 Å². The maximum absolute atomic E-state index is 13.0. The number of hydrogen-bond acceptors (Lipinski definition) is 6. The van der Waals surface area contributed by atoms with E-state index < -0.39 is 6.10 Å². The maximum Gasteiger partial charge on any atom is 0.306 e. The minimum absolute atomic E-state index is 0.0998. The average molecular weight is 1140 g/mol. The Morgan fingerprint density at radius 2 is 0.476 bits per heavy atom. The van der Waals surface area contributed by atoms with Crippen molar-refractivity contribution in [2.75, 3.05) is 13.2 Å². The van der Waals surface area contributed by atoms with Gasteiger partial charge >= 0.3 is 17.9 Å². The van der Waals surface area contributed by atoms with Crippen LogP contribution in [-0.2, 0) is 28.6 Å². The molecular weight excluding hydrogens is 1010 g/mol. The number of ether oxygens (including phenoxy) is 3. The van der Waals surface area contributed by atoms with Gasteiger partial charge in [-0.3, -0.25) is 14.4 Å². The predicted octanol–water partition coefficient (Wildman–Crippen LogP) is 23.7. The fourth-order valence-corrected chi connectivity index (χ4v) is 9.25. The van der Waals surface area contributed by atoms with E-state index >= 15 is 0 Å². The number of allylic oxidation sites excluding steroid dienone is 22. The molecule has 0 aliphatic heterocycles. The lowest BCUT2D eigenvalue weighted by molar-refractivity contribution is -0.167. The van der Waals surface area contributed by atoms with Crippen molar-refractivity contribution >= 4 is 17.9 Å². The van der Waals surface area contributed by atoms with Crippen LogP contribution in [0.4, 0.5) is 0 Å². The van der Waals surface area contributed by atoms with Gasteiger partial charge in [0.05, 0.1) is 0 Å². The number of esters is 3. The van der Waals surface area contributed by atoms with Crippen molar-refractivity contribution in [3.63, 3.8) is 0 Å². The first-order valence-electron chi connectivity index (χ1n) is 34.2. The lowest BCUT2D eigenvalue weighted by Gasteiger charge is -2.18. The normalized spacial score (nSPS) is 13.0. The van der Waals surface area contributed by atoms with Gasteiger partial charge < -0.3 is 14.2 Å². The number of carbonyl (C=O) groups excluding carboxylic acids is 3. The van der Waals surface area contributed by atoms with E-state index in [2.05, 4.69) is 154 Å². The third-order valence-electron chi connectivity index (χ3n) is 14.4. The van der Waals surface area contributed by atoms with Crippen LogP contribution in [0.25, 0.3) is 0 Å². The van der Waals surface area contributed by atoms with Crippen molar-refractivity contribution in [2.24, 2.45) is 0 Å². The molecule has 6 nitrogen and oxygen atoms in total. The van der Waals surface area contributed by atoms with Crippen molar-refractivity contribution in [1.82, 2.24) is 0 Å². The summed E-state index contributed by atoms with van der Waals surface area (Å²) >= 11 is 0. The molecule has 1 atom stereocenters. The molecular formula is C76H126O6. The van der Waals surface area contributed by atoms with Crippen molar-refractivity contribution in [1.29, 1.82) is 0 Å². The van der Waals surface area contributed by atoms with Crippen LogP contribution in [0.15, 0.2) is 134 Å². The molecule has 0 N–H and O–H groups in total. The van der Waals surface area contributed by atoms with Gasteiger partial charge in [-0.2, -0.15) is 0 Å². The highest BCUT2D eigenvalue weighted by atomic mass is 16.6. The summed E-state index contributed by atoms with van der Waals surface area (Å²) in [6, 6.07) is 0. The van der Waals surface area contributed by atoms with Gasteiger partial charge in [0.2, 0.25) is 0 Å². The molecule has 466 valence electrons. The van der Waals surface area contributed by atoms with E-state index in [9.17, 15) is 14.4 Å². The molecule has 0 saturated heterocycles. The molecule has 0 saturated carbocycles. The zero-order chi connectivity index (χ0) is 59.2. The van der Waals surface area contributed by atoms with Gasteiger partial charge in [0.15, 0.2) is 6.10 Å². The van der Waals surface area contributed by atoms with E-state index in [0.717, 1.165) is 141 Å². The van der Waals surface area contributed by atoms with Crippen molar-refractivity contribution in [2.45, 2.75) is 316 Å². The number of hydrogen-bond donors (Lipinski definition) is 0. The van der Waals surface area contributed by atoms with E-state index in [4.69, 9.17) is 14.2 Å². The molecule has 82 heavy (non-hydrogen) atoms. The van der Waals surface area contributed by atoms with Crippen LogP contribution in [0.5, 0.6) is 0 Å². The third kappa shape index (κ3) is 66.4. The molecule has 0 aromatic carbocycles. The highest BCUT2D eigenvalue weighted by molar-refractivity contribution is 5.71. The summed E-state index contributed by atoms with van der Waals surface area (Å²) in [5, 5.41) is 0. The van der Waals surface area contributed by atoms with Crippen LogP contribution in [0.3, 0.4) is 0 Å². The van der Waals surface area contributed by atoms with E-state index in [0.29, 0.717) is 19.3 Å². The Morgan fingerprint density at radius 3 is 0.768 bits per heavy atom. The van der Waals surface area contributed by atoms with Gasteiger partial charge in [-0.1, -0.05) is 283 Å². The molecule has 0 aromatic heterocycles. The second kappa shape index (κ2) is 69.0. The minimum atomic E-state index is -0.806. The topological polar surface area (TPSA) is 78.9 Å². The highest BCUT2D eigenvalue weighted by Gasteiger charge is 2.19. The number of rotatable bonds is 61. The highest BCUT2D eigenvalue weighted by Crippen LogP contribution is 2.15. The Morgan fingerprint density at radius 1 is 0.256 bits per heavy atom. The Balaban J connectivity index is 4.46. The monoisotopic (exact) mass is 1130 g/mol. The summed E-state index contributed by atoms with van der Waals surface area (Å²) < 4.78 is 16.9. The van der Waals surface area contributed by atoms with Crippen molar-refractivity contribution in [3.05, 3.63) is 134 Å². The first kappa shape index (κ1) is 77.5. The lowest BCUT2D eigenvalue weighted by atomic mass is 10.0. The molecule has 6 heteroatoms. The first-order valence-corrected chi connectivity index (χ1v) is 34.2. The van der Waals surface area contributed by atoms with Gasteiger partial charge in [0.25, 0.3) is 0 Å². The van der Waals surface area contributed by atoms with Gasteiger partial charge in [0.1, 0.15) is 13.2 Å². The molecule has 0 heterocycles. The lowest BCUT2D eigenvalue weighted by Crippen LogP contribution is -2.30. The molecule has 0 radical (unpaired) electrons. The Hall–Kier alpha value is -4.45. The summed E-state index contributed by atoms with van der Waals surface area (Å²) in [6.45, 7) is 6.48. The average Bonchev–Trinajstić information content (AvgIpc) is 3.47. The molecule has 0 amide bonds. The van der Waals surface area contributed by atoms with E-state index in [1.807, 2.05) is 0 Å². The van der Waals surface area contributed by atoms with Crippen LogP contribution in [0, 0.1) is 0 Å². The molecule has 0 aliphatic rings. The molecule has 0 rings (SSSR count). The maximum atomic E-state index is 13.0. The first-order chi connectivity index (χ1) is 40.5. The predicted molar refractivity (Wildman–Crippen MR) is 357 cm³/mol. The van der Waals surface area contributed by atoms with Crippen LogP contribution in [0.1, 0.15) is 310 Å². The summed E-state index contributed by atoms with van der Waals surface area (Å²) in [5.41, 5.74) is 0. The van der Waals surface area contributed by atoms with Crippen molar-refractivity contribution < 1.29 is 28.6 Å². The number of carbonyl (C=O) groups is 3. The van der Waals surface area contributed by atoms with E-state index in [1.54, 1.807) is 0 Å². The zero-order valence-corrected chi connectivity index (χ0v) is 53.5. The molecule has 0 fully saturated rings. The summed E-state index contributed by atoms with van der Waals surface area (Å²) in [4.78, 5) is 38.4. The van der Waals surface area contributed by atoms with E-state index in [1.165, 1.54) is 128 Å². The Kier molecular flexibility index (Phi) is 65.3. The summed E-state index contributed by atoms with van der Waals surface area (Å²) in [7, 11) is 0. The minimum Gasteiger partial charge on any atom is -0.462 e. The molecule has 0 aromatic rings. The van der Waals surface area contributed by atoms with Gasteiger partial charge in [-0.15, -0.1) is 0 Å². The van der Waals surface area contributed by atoms with Gasteiger partial charge in [-0.25, -0.2) is 0 Å². The quantitative estimate of drug-likeness (QED) is 0.0261.